The lowest BCUT2D eigenvalue weighted by Gasteiger charge is -2.28. The summed E-state index contributed by atoms with van der Waals surface area (Å²) >= 11 is 0. The third-order valence-corrected chi connectivity index (χ3v) is 7.73. The topological polar surface area (TPSA) is 87.3 Å². The van der Waals surface area contributed by atoms with Gasteiger partial charge in [-0.25, -0.2) is 13.1 Å². The quantitative estimate of drug-likeness (QED) is 0.626. The molecule has 0 radical (unpaired) electrons. The van der Waals surface area contributed by atoms with Crippen LogP contribution in [0.2, 0.25) is 0 Å². The highest BCUT2D eigenvalue weighted by atomic mass is 35.5. The van der Waals surface area contributed by atoms with Crippen molar-refractivity contribution < 1.29 is 13.2 Å². The molecular weight excluding hydrogens is 410 g/mol. The summed E-state index contributed by atoms with van der Waals surface area (Å²) < 4.78 is 28.4. The molecule has 1 heterocycles. The van der Waals surface area contributed by atoms with E-state index in [0.29, 0.717) is 11.6 Å². The number of carbonyl (C=O) groups excluding carboxylic acids is 1. The van der Waals surface area contributed by atoms with Crippen molar-refractivity contribution in [2.45, 2.75) is 69.7 Å². The Morgan fingerprint density at radius 3 is 2.38 bits per heavy atom. The molecule has 1 aliphatic carbocycles. The van der Waals surface area contributed by atoms with Gasteiger partial charge in [0.1, 0.15) is 0 Å². The van der Waals surface area contributed by atoms with Gasteiger partial charge in [-0.05, 0) is 82.3 Å². The number of hydrogen-bond donors (Lipinski definition) is 3. The predicted molar refractivity (Wildman–Crippen MR) is 119 cm³/mol. The molecule has 1 amide bonds. The molecule has 1 aromatic carbocycles. The first-order chi connectivity index (χ1) is 13.4. The number of rotatable bonds is 6. The maximum atomic E-state index is 12.8. The maximum absolute atomic E-state index is 12.8. The molecule has 0 aromatic heterocycles. The molecule has 1 atom stereocenters. The monoisotopic (exact) mass is 443 g/mol. The van der Waals surface area contributed by atoms with E-state index in [0.717, 1.165) is 57.2 Å². The SMILES string of the molecule is Cc1cc(S(=O)(=O)N[C@H](C)C2CCNCC2)ccc1NC(=O)C1CCCCC1.Cl. The summed E-state index contributed by atoms with van der Waals surface area (Å²) in [6, 6.07) is 4.84. The first kappa shape index (κ1) is 24.1. The van der Waals surface area contributed by atoms with E-state index < -0.39 is 10.0 Å². The molecule has 2 aliphatic rings. The normalized spacial score (nSPS) is 19.9. The highest BCUT2D eigenvalue weighted by molar-refractivity contribution is 7.89. The number of piperidine rings is 1. The molecule has 1 saturated heterocycles. The summed E-state index contributed by atoms with van der Waals surface area (Å²) in [5.74, 6) is 0.478. The fourth-order valence-electron chi connectivity index (χ4n) is 4.30. The highest BCUT2D eigenvalue weighted by Crippen LogP contribution is 2.27. The Kier molecular flexibility index (Phi) is 8.94. The van der Waals surface area contributed by atoms with Gasteiger partial charge >= 0.3 is 0 Å². The standard InChI is InChI=1S/C21H33N3O3S.ClH/c1-15-14-19(28(26,27)24-16(2)17-10-12-22-13-11-17)8-9-20(15)23-21(25)18-6-4-3-5-7-18;/h8-9,14,16-18,22,24H,3-7,10-13H2,1-2H3,(H,23,25);1H/t16-;/m1./s1. The lowest BCUT2D eigenvalue weighted by molar-refractivity contribution is -0.120. The van der Waals surface area contributed by atoms with Crippen molar-refractivity contribution in [1.82, 2.24) is 10.0 Å². The minimum atomic E-state index is -3.58. The van der Waals surface area contributed by atoms with Crippen LogP contribution in [0.3, 0.4) is 0 Å². The summed E-state index contributed by atoms with van der Waals surface area (Å²) in [7, 11) is -3.58. The molecule has 0 bridgehead atoms. The second-order valence-corrected chi connectivity index (χ2v) is 10.0. The van der Waals surface area contributed by atoms with E-state index >= 15 is 0 Å². The molecule has 1 aromatic rings. The van der Waals surface area contributed by atoms with Gasteiger partial charge in [0.05, 0.1) is 4.90 Å². The van der Waals surface area contributed by atoms with Gasteiger partial charge in [0.25, 0.3) is 0 Å². The van der Waals surface area contributed by atoms with E-state index in [1.54, 1.807) is 18.2 Å². The Labute approximate surface area is 181 Å². The van der Waals surface area contributed by atoms with Crippen LogP contribution in [0.5, 0.6) is 0 Å². The minimum absolute atomic E-state index is 0. The molecule has 8 heteroatoms. The Morgan fingerprint density at radius 2 is 1.76 bits per heavy atom. The van der Waals surface area contributed by atoms with Crippen LogP contribution in [-0.2, 0) is 14.8 Å². The van der Waals surface area contributed by atoms with Crippen molar-refractivity contribution in [2.75, 3.05) is 18.4 Å². The summed E-state index contributed by atoms with van der Waals surface area (Å²) in [6.07, 6.45) is 7.26. The fraction of sp³-hybridized carbons (Fsp3) is 0.667. The molecule has 3 N–H and O–H groups in total. The molecule has 0 spiro atoms. The van der Waals surface area contributed by atoms with Gasteiger partial charge in [-0.2, -0.15) is 0 Å². The highest BCUT2D eigenvalue weighted by Gasteiger charge is 2.26. The third-order valence-electron chi connectivity index (χ3n) is 6.17. The molecule has 1 aliphatic heterocycles. The van der Waals surface area contributed by atoms with Crippen LogP contribution in [0.15, 0.2) is 23.1 Å². The number of benzene rings is 1. The zero-order chi connectivity index (χ0) is 20.1. The van der Waals surface area contributed by atoms with Gasteiger partial charge < -0.3 is 10.6 Å². The van der Waals surface area contributed by atoms with Crippen molar-refractivity contribution in [1.29, 1.82) is 0 Å². The number of halogens is 1. The Balaban J connectivity index is 0.00000300. The van der Waals surface area contributed by atoms with Crippen molar-refractivity contribution in [3.63, 3.8) is 0 Å². The molecule has 1 saturated carbocycles. The van der Waals surface area contributed by atoms with E-state index in [1.165, 1.54) is 6.42 Å². The number of aryl methyl sites for hydroxylation is 1. The Morgan fingerprint density at radius 1 is 1.10 bits per heavy atom. The van der Waals surface area contributed by atoms with Crippen LogP contribution in [0.25, 0.3) is 0 Å². The van der Waals surface area contributed by atoms with Gasteiger partial charge in [-0.3, -0.25) is 4.79 Å². The first-order valence-corrected chi connectivity index (χ1v) is 12.0. The maximum Gasteiger partial charge on any atom is 0.240 e. The van der Waals surface area contributed by atoms with E-state index in [2.05, 4.69) is 15.4 Å². The number of anilines is 1. The molecular formula is C21H34ClN3O3S. The van der Waals surface area contributed by atoms with Gasteiger partial charge in [0.15, 0.2) is 0 Å². The van der Waals surface area contributed by atoms with Gasteiger partial charge in [0, 0.05) is 17.6 Å². The molecule has 29 heavy (non-hydrogen) atoms. The number of amides is 1. The smallest absolute Gasteiger partial charge is 0.240 e. The lowest BCUT2D eigenvalue weighted by Crippen LogP contribution is -2.42. The number of hydrogen-bond acceptors (Lipinski definition) is 4. The average Bonchev–Trinajstić information content (AvgIpc) is 2.70. The van der Waals surface area contributed by atoms with Crippen LogP contribution in [0, 0.1) is 18.8 Å². The summed E-state index contributed by atoms with van der Waals surface area (Å²) in [5, 5.41) is 6.30. The Hall–Kier alpha value is -1.15. The number of sulfonamides is 1. The third kappa shape index (κ3) is 6.41. The summed E-state index contributed by atoms with van der Waals surface area (Å²) in [4.78, 5) is 12.7. The molecule has 6 nitrogen and oxygen atoms in total. The van der Waals surface area contributed by atoms with Crippen molar-refractivity contribution >= 4 is 34.0 Å². The van der Waals surface area contributed by atoms with Gasteiger partial charge in [0.2, 0.25) is 15.9 Å². The number of carbonyl (C=O) groups is 1. The largest absolute Gasteiger partial charge is 0.326 e. The van der Waals surface area contributed by atoms with Crippen molar-refractivity contribution in [2.24, 2.45) is 11.8 Å². The van der Waals surface area contributed by atoms with Gasteiger partial charge in [-0.1, -0.05) is 19.3 Å². The molecule has 2 fully saturated rings. The van der Waals surface area contributed by atoms with E-state index in [9.17, 15) is 13.2 Å². The van der Waals surface area contributed by atoms with Gasteiger partial charge in [-0.15, -0.1) is 12.4 Å². The van der Waals surface area contributed by atoms with Crippen LogP contribution in [0.4, 0.5) is 5.69 Å². The second kappa shape index (κ2) is 10.8. The van der Waals surface area contributed by atoms with Crippen LogP contribution in [0.1, 0.15) is 57.4 Å². The summed E-state index contributed by atoms with van der Waals surface area (Å²) in [6.45, 7) is 5.65. The minimum Gasteiger partial charge on any atom is -0.326 e. The molecule has 0 unspecified atom stereocenters. The fourth-order valence-corrected chi connectivity index (χ4v) is 5.69. The van der Waals surface area contributed by atoms with Crippen molar-refractivity contribution in [3.05, 3.63) is 23.8 Å². The number of nitrogens with one attached hydrogen (secondary N) is 3. The second-order valence-electron chi connectivity index (χ2n) is 8.30. The predicted octanol–water partition coefficient (Wildman–Crippen LogP) is 3.60. The van der Waals surface area contributed by atoms with Crippen molar-refractivity contribution in [3.8, 4) is 0 Å². The summed E-state index contributed by atoms with van der Waals surface area (Å²) in [5.41, 5.74) is 1.46. The average molecular weight is 444 g/mol. The van der Waals surface area contributed by atoms with Crippen LogP contribution in [-0.4, -0.2) is 33.5 Å². The van der Waals surface area contributed by atoms with E-state index in [4.69, 9.17) is 0 Å². The van der Waals surface area contributed by atoms with E-state index in [1.807, 2.05) is 13.8 Å². The first-order valence-electron chi connectivity index (χ1n) is 10.5. The zero-order valence-corrected chi connectivity index (χ0v) is 19.0. The Bertz CT molecular complexity index is 788. The molecule has 3 rings (SSSR count). The van der Waals surface area contributed by atoms with E-state index in [-0.39, 0.29) is 35.2 Å². The van der Waals surface area contributed by atoms with Crippen LogP contribution >= 0.6 is 12.4 Å². The zero-order valence-electron chi connectivity index (χ0n) is 17.4. The molecule has 164 valence electrons. The lowest BCUT2D eigenvalue weighted by atomic mass is 9.88. The van der Waals surface area contributed by atoms with Crippen LogP contribution < -0.4 is 15.4 Å².